The average Bonchev–Trinajstić information content (AvgIpc) is 1.99. The lowest BCUT2D eigenvalue weighted by molar-refractivity contribution is 0.663. The van der Waals surface area contributed by atoms with Crippen LogP contribution in [0.25, 0.3) is 0 Å². The molecule has 0 atom stereocenters. The Hall–Kier alpha value is -1.12. The standard InChI is InChI=1S/C7H9F2N/c1-6(4-8)2-3-7(9)5-10/h2-5H,10H2,1H3/b3-2-,6-4+,7-5-. The third-order valence-electron chi connectivity index (χ3n) is 0.837. The maximum absolute atomic E-state index is 12.1. The topological polar surface area (TPSA) is 26.0 Å². The first-order valence-corrected chi connectivity index (χ1v) is 2.73. The Labute approximate surface area is 58.5 Å². The fourth-order valence-corrected chi connectivity index (χ4v) is 0.303. The first kappa shape index (κ1) is 8.88. The molecule has 0 radical (unpaired) electrons. The van der Waals surface area contributed by atoms with Gasteiger partial charge in [-0.15, -0.1) is 0 Å². The molecule has 1 nitrogen and oxygen atoms in total. The Kier molecular flexibility index (Phi) is 4.20. The van der Waals surface area contributed by atoms with E-state index in [-0.39, 0.29) is 0 Å². The largest absolute Gasteiger partial charge is 0.402 e. The summed E-state index contributed by atoms with van der Waals surface area (Å²) in [6, 6.07) is 0. The summed E-state index contributed by atoms with van der Waals surface area (Å²) >= 11 is 0. The molecular formula is C7H9F2N. The molecule has 3 heteroatoms. The molecule has 0 saturated carbocycles. The minimum Gasteiger partial charge on any atom is -0.402 e. The van der Waals surface area contributed by atoms with Crippen LogP contribution in [-0.4, -0.2) is 0 Å². The van der Waals surface area contributed by atoms with E-state index in [0.717, 1.165) is 12.3 Å². The van der Waals surface area contributed by atoms with Crippen molar-refractivity contribution >= 4 is 0 Å². The van der Waals surface area contributed by atoms with Gasteiger partial charge in [0.05, 0.1) is 6.33 Å². The Bertz CT molecular complexity index is 160. The second-order valence-corrected chi connectivity index (χ2v) is 1.74. The number of hydrogen-bond donors (Lipinski definition) is 1. The summed E-state index contributed by atoms with van der Waals surface area (Å²) < 4.78 is 23.7. The van der Waals surface area contributed by atoms with Gasteiger partial charge >= 0.3 is 0 Å². The van der Waals surface area contributed by atoms with Gasteiger partial charge in [0.1, 0.15) is 5.83 Å². The molecule has 0 heterocycles. The number of hydrogen-bond acceptors (Lipinski definition) is 1. The average molecular weight is 145 g/mol. The van der Waals surface area contributed by atoms with E-state index < -0.39 is 5.83 Å². The molecule has 0 aromatic rings. The van der Waals surface area contributed by atoms with Crippen molar-refractivity contribution in [1.29, 1.82) is 0 Å². The molecule has 10 heavy (non-hydrogen) atoms. The second kappa shape index (κ2) is 4.73. The monoisotopic (exact) mass is 145 g/mol. The van der Waals surface area contributed by atoms with Gasteiger partial charge in [-0.2, -0.15) is 0 Å². The molecule has 0 spiro atoms. The lowest BCUT2D eigenvalue weighted by atomic mass is 10.3. The van der Waals surface area contributed by atoms with Crippen molar-refractivity contribution in [3.05, 3.63) is 36.1 Å². The van der Waals surface area contributed by atoms with E-state index in [2.05, 4.69) is 0 Å². The Balaban J connectivity index is 4.01. The highest BCUT2D eigenvalue weighted by Crippen LogP contribution is 2.00. The Morgan fingerprint density at radius 3 is 2.40 bits per heavy atom. The van der Waals surface area contributed by atoms with Gasteiger partial charge in [0.25, 0.3) is 0 Å². The highest BCUT2D eigenvalue weighted by atomic mass is 19.1. The van der Waals surface area contributed by atoms with Gasteiger partial charge in [-0.1, -0.05) is 6.08 Å². The molecular weight excluding hydrogens is 136 g/mol. The van der Waals surface area contributed by atoms with Crippen molar-refractivity contribution in [3.63, 3.8) is 0 Å². The molecule has 0 aromatic carbocycles. The van der Waals surface area contributed by atoms with Crippen molar-refractivity contribution in [1.82, 2.24) is 0 Å². The van der Waals surface area contributed by atoms with Crippen LogP contribution in [0.3, 0.4) is 0 Å². The maximum atomic E-state index is 12.1. The van der Waals surface area contributed by atoms with Gasteiger partial charge in [-0.05, 0) is 18.6 Å². The quantitative estimate of drug-likeness (QED) is 0.592. The summed E-state index contributed by atoms with van der Waals surface area (Å²) in [5.41, 5.74) is 5.14. The summed E-state index contributed by atoms with van der Waals surface area (Å²) in [7, 11) is 0. The summed E-state index contributed by atoms with van der Waals surface area (Å²) in [6.45, 7) is 1.51. The van der Waals surface area contributed by atoms with Gasteiger partial charge in [0, 0.05) is 6.20 Å². The lowest BCUT2D eigenvalue weighted by Gasteiger charge is -1.84. The molecule has 56 valence electrons. The highest BCUT2D eigenvalue weighted by Gasteiger charge is 1.83. The first-order chi connectivity index (χ1) is 4.70. The van der Waals surface area contributed by atoms with Crippen molar-refractivity contribution in [2.45, 2.75) is 6.92 Å². The van der Waals surface area contributed by atoms with E-state index in [0.29, 0.717) is 11.9 Å². The zero-order valence-corrected chi connectivity index (χ0v) is 5.64. The summed E-state index contributed by atoms with van der Waals surface area (Å²) in [5.74, 6) is -0.582. The molecule has 2 N–H and O–H groups in total. The van der Waals surface area contributed by atoms with E-state index in [9.17, 15) is 8.78 Å². The molecule has 0 bridgehead atoms. The SMILES string of the molecule is CC(/C=C\C(F)=C\N)=C\F. The Morgan fingerprint density at radius 2 is 2.00 bits per heavy atom. The summed E-state index contributed by atoms with van der Waals surface area (Å²) in [6.07, 6.45) is 3.58. The van der Waals surface area contributed by atoms with Crippen molar-refractivity contribution in [2.24, 2.45) is 5.73 Å². The van der Waals surface area contributed by atoms with E-state index >= 15 is 0 Å². The van der Waals surface area contributed by atoms with Gasteiger partial charge in [-0.3, -0.25) is 0 Å². The van der Waals surface area contributed by atoms with Crippen molar-refractivity contribution in [2.75, 3.05) is 0 Å². The number of halogens is 2. The van der Waals surface area contributed by atoms with E-state index in [1.54, 1.807) is 0 Å². The van der Waals surface area contributed by atoms with Crippen LogP contribution in [0.5, 0.6) is 0 Å². The predicted octanol–water partition coefficient (Wildman–Crippen LogP) is 2.19. The Morgan fingerprint density at radius 1 is 1.40 bits per heavy atom. The normalized spacial score (nSPS) is 14.7. The zero-order chi connectivity index (χ0) is 7.98. The smallest absolute Gasteiger partial charge is 0.138 e. The minimum absolute atomic E-state index is 0.344. The van der Waals surface area contributed by atoms with Crippen LogP contribution in [0.15, 0.2) is 36.1 Å². The van der Waals surface area contributed by atoms with Crippen LogP contribution in [0.2, 0.25) is 0 Å². The van der Waals surface area contributed by atoms with E-state index in [1.807, 2.05) is 0 Å². The van der Waals surface area contributed by atoms with Crippen LogP contribution >= 0.6 is 0 Å². The number of allylic oxidation sites excluding steroid dienone is 4. The fraction of sp³-hybridized carbons (Fsp3) is 0.143. The molecule has 0 aliphatic carbocycles. The molecule has 0 saturated heterocycles. The van der Waals surface area contributed by atoms with Crippen LogP contribution in [0.4, 0.5) is 8.78 Å². The lowest BCUT2D eigenvalue weighted by Crippen LogP contribution is -1.78. The number of rotatable bonds is 2. The molecule has 0 amide bonds. The van der Waals surface area contributed by atoms with Crippen LogP contribution in [0.1, 0.15) is 6.92 Å². The van der Waals surface area contributed by atoms with Crippen LogP contribution < -0.4 is 5.73 Å². The third kappa shape index (κ3) is 3.83. The molecule has 0 aliphatic heterocycles. The van der Waals surface area contributed by atoms with E-state index in [4.69, 9.17) is 5.73 Å². The van der Waals surface area contributed by atoms with E-state index in [1.165, 1.54) is 13.0 Å². The summed E-state index contributed by atoms with van der Waals surface area (Å²) in [5, 5.41) is 0. The molecule has 0 aliphatic rings. The van der Waals surface area contributed by atoms with Gasteiger partial charge in [0.2, 0.25) is 0 Å². The van der Waals surface area contributed by atoms with Gasteiger partial charge < -0.3 is 5.73 Å². The minimum atomic E-state index is -0.582. The number of nitrogens with two attached hydrogens (primary N) is 1. The summed E-state index contributed by atoms with van der Waals surface area (Å²) in [4.78, 5) is 0. The molecule has 0 aromatic heterocycles. The van der Waals surface area contributed by atoms with Gasteiger partial charge in [-0.25, -0.2) is 8.78 Å². The van der Waals surface area contributed by atoms with Crippen molar-refractivity contribution in [3.8, 4) is 0 Å². The first-order valence-electron chi connectivity index (χ1n) is 2.73. The zero-order valence-electron chi connectivity index (χ0n) is 5.64. The van der Waals surface area contributed by atoms with Gasteiger partial charge in [0.15, 0.2) is 0 Å². The molecule has 0 fully saturated rings. The fourth-order valence-electron chi connectivity index (χ4n) is 0.303. The highest BCUT2D eigenvalue weighted by molar-refractivity contribution is 5.21. The second-order valence-electron chi connectivity index (χ2n) is 1.74. The molecule has 0 unspecified atom stereocenters. The molecule has 0 rings (SSSR count). The maximum Gasteiger partial charge on any atom is 0.138 e. The van der Waals surface area contributed by atoms with Crippen LogP contribution in [0, 0.1) is 0 Å². The third-order valence-corrected chi connectivity index (χ3v) is 0.837. The van der Waals surface area contributed by atoms with Crippen molar-refractivity contribution < 1.29 is 8.78 Å². The predicted molar refractivity (Wildman–Crippen MR) is 37.4 cm³/mol. The van der Waals surface area contributed by atoms with Crippen LogP contribution in [-0.2, 0) is 0 Å².